The highest BCUT2D eigenvalue weighted by atomic mass is 35.5. The lowest BCUT2D eigenvalue weighted by molar-refractivity contribution is 0.416. The molecular weight excluding hydrogens is 286 g/mol. The standard InChI is InChI=1S/C16H20ClN3O/c1-5-9-18-15-10(2)11(3)19-16(20-15)14-12(17)7-6-8-13(14)21-4/h6-8H,5,9H2,1-4H3,(H,18,19,20). The van der Waals surface area contributed by atoms with Gasteiger partial charge in [-0.05, 0) is 32.4 Å². The minimum Gasteiger partial charge on any atom is -0.496 e. The van der Waals surface area contributed by atoms with Gasteiger partial charge >= 0.3 is 0 Å². The Balaban J connectivity index is 2.57. The van der Waals surface area contributed by atoms with Crippen molar-refractivity contribution >= 4 is 17.4 Å². The first kappa shape index (κ1) is 15.6. The molecule has 2 rings (SSSR count). The van der Waals surface area contributed by atoms with Crippen LogP contribution < -0.4 is 10.1 Å². The Morgan fingerprint density at radius 2 is 2.00 bits per heavy atom. The molecule has 0 saturated carbocycles. The fourth-order valence-corrected chi connectivity index (χ4v) is 2.30. The third-order valence-electron chi connectivity index (χ3n) is 3.35. The molecule has 1 aromatic carbocycles. The highest BCUT2D eigenvalue weighted by Gasteiger charge is 2.16. The maximum absolute atomic E-state index is 6.31. The number of methoxy groups -OCH3 is 1. The molecule has 0 aliphatic carbocycles. The number of rotatable bonds is 5. The summed E-state index contributed by atoms with van der Waals surface area (Å²) in [5.74, 6) is 2.10. The second-order valence-electron chi connectivity index (χ2n) is 4.85. The van der Waals surface area contributed by atoms with Crippen LogP contribution in [0.2, 0.25) is 5.02 Å². The molecule has 1 N–H and O–H groups in total. The number of nitrogens with one attached hydrogen (secondary N) is 1. The monoisotopic (exact) mass is 305 g/mol. The van der Waals surface area contributed by atoms with Gasteiger partial charge in [-0.1, -0.05) is 24.6 Å². The number of aryl methyl sites for hydroxylation is 1. The fraction of sp³-hybridized carbons (Fsp3) is 0.375. The lowest BCUT2D eigenvalue weighted by Gasteiger charge is -2.14. The highest BCUT2D eigenvalue weighted by molar-refractivity contribution is 6.33. The molecule has 0 atom stereocenters. The highest BCUT2D eigenvalue weighted by Crippen LogP contribution is 2.35. The van der Waals surface area contributed by atoms with E-state index in [-0.39, 0.29) is 0 Å². The molecule has 0 amide bonds. The zero-order valence-electron chi connectivity index (χ0n) is 12.8. The van der Waals surface area contributed by atoms with Crippen molar-refractivity contribution in [1.82, 2.24) is 9.97 Å². The van der Waals surface area contributed by atoms with Gasteiger partial charge < -0.3 is 10.1 Å². The van der Waals surface area contributed by atoms with Crippen molar-refractivity contribution in [3.05, 3.63) is 34.5 Å². The van der Waals surface area contributed by atoms with Crippen LogP contribution in [0.1, 0.15) is 24.6 Å². The number of ether oxygens (including phenoxy) is 1. The first-order valence-corrected chi connectivity index (χ1v) is 7.38. The molecule has 0 saturated heterocycles. The number of hydrogen-bond donors (Lipinski definition) is 1. The van der Waals surface area contributed by atoms with Crippen LogP contribution in [0.5, 0.6) is 5.75 Å². The van der Waals surface area contributed by atoms with E-state index in [1.54, 1.807) is 7.11 Å². The van der Waals surface area contributed by atoms with E-state index in [1.807, 2.05) is 32.0 Å². The van der Waals surface area contributed by atoms with Crippen LogP contribution in [-0.2, 0) is 0 Å². The van der Waals surface area contributed by atoms with Crippen molar-refractivity contribution in [3.63, 3.8) is 0 Å². The molecule has 1 aromatic heterocycles. The van der Waals surface area contributed by atoms with Gasteiger partial charge in [0.15, 0.2) is 5.82 Å². The predicted molar refractivity (Wildman–Crippen MR) is 87.3 cm³/mol. The average molecular weight is 306 g/mol. The minimum atomic E-state index is 0.582. The number of anilines is 1. The number of aromatic nitrogens is 2. The van der Waals surface area contributed by atoms with E-state index in [2.05, 4.69) is 22.2 Å². The molecular formula is C16H20ClN3O. The summed E-state index contributed by atoms with van der Waals surface area (Å²) in [6, 6.07) is 5.53. The van der Waals surface area contributed by atoms with Gasteiger partial charge in [-0.3, -0.25) is 0 Å². The Morgan fingerprint density at radius 1 is 1.24 bits per heavy atom. The Kier molecular flexibility index (Phi) is 5.02. The fourth-order valence-electron chi connectivity index (χ4n) is 2.05. The molecule has 0 spiro atoms. The quantitative estimate of drug-likeness (QED) is 0.897. The largest absolute Gasteiger partial charge is 0.496 e. The third-order valence-corrected chi connectivity index (χ3v) is 3.67. The Labute approximate surface area is 130 Å². The van der Waals surface area contributed by atoms with Crippen LogP contribution in [0, 0.1) is 13.8 Å². The number of nitrogens with zero attached hydrogens (tertiary/aromatic N) is 2. The van der Waals surface area contributed by atoms with E-state index in [9.17, 15) is 0 Å². The maximum atomic E-state index is 6.31. The summed E-state index contributed by atoms with van der Waals surface area (Å²) in [4.78, 5) is 9.19. The van der Waals surface area contributed by atoms with Crippen molar-refractivity contribution in [2.24, 2.45) is 0 Å². The molecule has 2 aromatic rings. The van der Waals surface area contributed by atoms with Crippen molar-refractivity contribution in [2.45, 2.75) is 27.2 Å². The van der Waals surface area contributed by atoms with Gasteiger partial charge in [0.05, 0.1) is 17.7 Å². The van der Waals surface area contributed by atoms with Gasteiger partial charge in [0.2, 0.25) is 0 Å². The second kappa shape index (κ2) is 6.76. The molecule has 0 radical (unpaired) electrons. The Hall–Kier alpha value is -1.81. The van der Waals surface area contributed by atoms with E-state index in [1.165, 1.54) is 0 Å². The van der Waals surface area contributed by atoms with Gasteiger partial charge in [0.1, 0.15) is 11.6 Å². The normalized spacial score (nSPS) is 10.5. The van der Waals surface area contributed by atoms with Crippen molar-refractivity contribution in [2.75, 3.05) is 19.0 Å². The Bertz CT molecular complexity index is 644. The lowest BCUT2D eigenvalue weighted by Crippen LogP contribution is -2.08. The zero-order valence-corrected chi connectivity index (χ0v) is 13.6. The topological polar surface area (TPSA) is 47.0 Å². The molecule has 5 heteroatoms. The van der Waals surface area contributed by atoms with Crippen molar-refractivity contribution < 1.29 is 4.74 Å². The summed E-state index contributed by atoms with van der Waals surface area (Å²) in [6.45, 7) is 6.98. The van der Waals surface area contributed by atoms with Crippen LogP contribution in [0.3, 0.4) is 0 Å². The van der Waals surface area contributed by atoms with Crippen LogP contribution >= 0.6 is 11.6 Å². The number of halogens is 1. The molecule has 1 heterocycles. The minimum absolute atomic E-state index is 0.582. The van der Waals surface area contributed by atoms with Gasteiger partial charge in [0.25, 0.3) is 0 Å². The molecule has 0 aliphatic heterocycles. The molecule has 0 aliphatic rings. The van der Waals surface area contributed by atoms with Crippen LogP contribution in [0.15, 0.2) is 18.2 Å². The predicted octanol–water partition coefficient (Wildman–Crippen LogP) is 4.24. The molecule has 4 nitrogen and oxygen atoms in total. The number of hydrogen-bond acceptors (Lipinski definition) is 4. The van der Waals surface area contributed by atoms with Crippen molar-refractivity contribution in [1.29, 1.82) is 0 Å². The molecule has 0 unspecified atom stereocenters. The number of benzene rings is 1. The first-order chi connectivity index (χ1) is 10.1. The summed E-state index contributed by atoms with van der Waals surface area (Å²) in [7, 11) is 1.62. The van der Waals surface area contributed by atoms with Crippen LogP contribution in [-0.4, -0.2) is 23.6 Å². The molecule has 0 bridgehead atoms. The van der Waals surface area contributed by atoms with Crippen molar-refractivity contribution in [3.8, 4) is 17.1 Å². The van der Waals surface area contributed by atoms with E-state index in [0.717, 1.165) is 35.6 Å². The summed E-state index contributed by atoms with van der Waals surface area (Å²) in [6.07, 6.45) is 1.03. The van der Waals surface area contributed by atoms with Gasteiger partial charge in [0, 0.05) is 17.8 Å². The zero-order chi connectivity index (χ0) is 15.4. The van der Waals surface area contributed by atoms with E-state index in [0.29, 0.717) is 16.6 Å². The van der Waals surface area contributed by atoms with Crippen LogP contribution in [0.4, 0.5) is 5.82 Å². The Morgan fingerprint density at radius 3 is 2.67 bits per heavy atom. The van der Waals surface area contributed by atoms with Gasteiger partial charge in [-0.15, -0.1) is 0 Å². The summed E-state index contributed by atoms with van der Waals surface area (Å²) >= 11 is 6.31. The molecule has 21 heavy (non-hydrogen) atoms. The van der Waals surface area contributed by atoms with E-state index < -0.39 is 0 Å². The smallest absolute Gasteiger partial charge is 0.167 e. The molecule has 112 valence electrons. The third kappa shape index (κ3) is 3.27. The first-order valence-electron chi connectivity index (χ1n) is 7.00. The maximum Gasteiger partial charge on any atom is 0.167 e. The summed E-state index contributed by atoms with van der Waals surface area (Å²) in [5, 5.41) is 3.92. The summed E-state index contributed by atoms with van der Waals surface area (Å²) < 4.78 is 5.39. The molecule has 0 fully saturated rings. The average Bonchev–Trinajstić information content (AvgIpc) is 2.48. The lowest BCUT2D eigenvalue weighted by atomic mass is 10.1. The van der Waals surface area contributed by atoms with Gasteiger partial charge in [-0.25, -0.2) is 9.97 Å². The van der Waals surface area contributed by atoms with Gasteiger partial charge in [-0.2, -0.15) is 0 Å². The summed E-state index contributed by atoms with van der Waals surface area (Å²) in [5.41, 5.74) is 2.71. The van der Waals surface area contributed by atoms with E-state index in [4.69, 9.17) is 16.3 Å². The van der Waals surface area contributed by atoms with E-state index >= 15 is 0 Å². The van der Waals surface area contributed by atoms with Crippen LogP contribution in [0.25, 0.3) is 11.4 Å². The second-order valence-corrected chi connectivity index (χ2v) is 5.26. The SMILES string of the molecule is CCCNc1nc(-c2c(Cl)cccc2OC)nc(C)c1C.